The van der Waals surface area contributed by atoms with E-state index in [1.807, 2.05) is 43.8 Å². The Morgan fingerprint density at radius 3 is 2.58 bits per heavy atom. The van der Waals surface area contributed by atoms with Crippen molar-refractivity contribution in [3.63, 3.8) is 0 Å². The highest BCUT2D eigenvalue weighted by molar-refractivity contribution is 7.98. The first-order valence-corrected chi connectivity index (χ1v) is 9.31. The van der Waals surface area contributed by atoms with Crippen LogP contribution >= 0.6 is 11.8 Å². The van der Waals surface area contributed by atoms with Crippen molar-refractivity contribution in [1.29, 1.82) is 0 Å². The summed E-state index contributed by atoms with van der Waals surface area (Å²) in [6, 6.07) is 14.3. The Morgan fingerprint density at radius 1 is 1.04 bits per heavy atom. The number of rotatable bonds is 8. The van der Waals surface area contributed by atoms with E-state index in [0.29, 0.717) is 6.54 Å². The van der Waals surface area contributed by atoms with E-state index in [2.05, 4.69) is 36.5 Å². The summed E-state index contributed by atoms with van der Waals surface area (Å²) >= 11 is 1.83. The largest absolute Gasteiger partial charge is 0.483 e. The zero-order valence-corrected chi connectivity index (χ0v) is 15.4. The smallest absolute Gasteiger partial charge is 0.257 e. The second kappa shape index (κ2) is 9.38. The second-order valence-corrected chi connectivity index (χ2v) is 6.92. The highest BCUT2D eigenvalue weighted by atomic mass is 32.2. The van der Waals surface area contributed by atoms with Gasteiger partial charge in [-0.25, -0.2) is 0 Å². The molecule has 128 valence electrons. The van der Waals surface area contributed by atoms with Crippen molar-refractivity contribution in [1.82, 2.24) is 5.32 Å². The lowest BCUT2D eigenvalue weighted by Crippen LogP contribution is -2.30. The van der Waals surface area contributed by atoms with Crippen LogP contribution in [0.5, 0.6) is 5.75 Å². The number of ether oxygens (including phenoxy) is 1. The molecular weight excluding hydrogens is 318 g/mol. The van der Waals surface area contributed by atoms with E-state index in [4.69, 9.17) is 4.74 Å². The van der Waals surface area contributed by atoms with Gasteiger partial charge in [-0.3, -0.25) is 4.79 Å². The summed E-state index contributed by atoms with van der Waals surface area (Å²) in [5.74, 6) is 2.57. The van der Waals surface area contributed by atoms with Crippen LogP contribution < -0.4 is 10.1 Å². The first-order chi connectivity index (χ1) is 11.6. The van der Waals surface area contributed by atoms with Crippen LogP contribution in [0, 0.1) is 20.8 Å². The van der Waals surface area contributed by atoms with Crippen LogP contribution in [0.3, 0.4) is 0 Å². The van der Waals surface area contributed by atoms with Crippen LogP contribution in [0.2, 0.25) is 0 Å². The van der Waals surface area contributed by atoms with Gasteiger partial charge in [0.1, 0.15) is 5.75 Å². The Morgan fingerprint density at radius 2 is 1.79 bits per heavy atom. The van der Waals surface area contributed by atoms with Gasteiger partial charge in [0.2, 0.25) is 0 Å². The number of hydrogen-bond acceptors (Lipinski definition) is 3. The molecule has 0 saturated carbocycles. The van der Waals surface area contributed by atoms with Crippen molar-refractivity contribution in [3.8, 4) is 5.75 Å². The molecule has 0 atom stereocenters. The van der Waals surface area contributed by atoms with Gasteiger partial charge < -0.3 is 10.1 Å². The van der Waals surface area contributed by atoms with Crippen molar-refractivity contribution in [2.45, 2.75) is 26.5 Å². The maximum atomic E-state index is 11.9. The fraction of sp³-hybridized carbons (Fsp3) is 0.350. The molecule has 4 heteroatoms. The molecule has 0 spiro atoms. The highest BCUT2D eigenvalue weighted by Crippen LogP contribution is 2.20. The molecule has 2 aromatic carbocycles. The van der Waals surface area contributed by atoms with E-state index in [1.54, 1.807) is 0 Å². The van der Waals surface area contributed by atoms with Crippen molar-refractivity contribution < 1.29 is 9.53 Å². The van der Waals surface area contributed by atoms with E-state index in [9.17, 15) is 4.79 Å². The molecule has 2 aromatic rings. The number of nitrogens with one attached hydrogen (secondary N) is 1. The third-order valence-corrected chi connectivity index (χ3v) is 5.01. The summed E-state index contributed by atoms with van der Waals surface area (Å²) in [6.45, 7) is 6.89. The molecule has 0 heterocycles. The quantitative estimate of drug-likeness (QED) is 0.735. The van der Waals surface area contributed by atoms with Gasteiger partial charge in [-0.15, -0.1) is 0 Å². The van der Waals surface area contributed by atoms with Gasteiger partial charge in [0.25, 0.3) is 5.91 Å². The fourth-order valence-electron chi connectivity index (χ4n) is 2.29. The van der Waals surface area contributed by atoms with Gasteiger partial charge in [0.15, 0.2) is 6.61 Å². The van der Waals surface area contributed by atoms with E-state index in [1.165, 1.54) is 16.7 Å². The van der Waals surface area contributed by atoms with Crippen LogP contribution in [-0.2, 0) is 10.5 Å². The number of amides is 1. The molecule has 3 nitrogen and oxygen atoms in total. The lowest BCUT2D eigenvalue weighted by molar-refractivity contribution is -0.122. The first-order valence-electron chi connectivity index (χ1n) is 8.16. The highest BCUT2D eigenvalue weighted by Gasteiger charge is 2.05. The minimum atomic E-state index is -0.0765. The van der Waals surface area contributed by atoms with Crippen LogP contribution in [-0.4, -0.2) is 24.8 Å². The standard InChI is InChI=1S/C20H25NO2S/c1-15-8-6-10-19(17(15)3)23-13-20(22)21-11-12-24-14-18-9-5-4-7-16(18)2/h4-10H,11-14H2,1-3H3,(H,21,22). The Kier molecular flexibility index (Phi) is 7.19. The summed E-state index contributed by atoms with van der Waals surface area (Å²) in [5.41, 5.74) is 4.92. The minimum absolute atomic E-state index is 0.0623. The van der Waals surface area contributed by atoms with Crippen molar-refractivity contribution in [3.05, 3.63) is 64.7 Å². The first kappa shape index (κ1) is 18.4. The van der Waals surface area contributed by atoms with E-state index < -0.39 is 0 Å². The Hall–Kier alpha value is -1.94. The normalized spacial score (nSPS) is 10.5. The Labute approximate surface area is 148 Å². The number of carbonyl (C=O) groups excluding carboxylic acids is 1. The second-order valence-electron chi connectivity index (χ2n) is 5.82. The molecule has 0 aromatic heterocycles. The SMILES string of the molecule is Cc1ccccc1CSCCNC(=O)COc1cccc(C)c1C. The molecule has 2 rings (SSSR count). The maximum absolute atomic E-state index is 11.9. The monoisotopic (exact) mass is 343 g/mol. The van der Waals surface area contributed by atoms with Gasteiger partial charge in [-0.1, -0.05) is 36.4 Å². The number of benzene rings is 2. The third kappa shape index (κ3) is 5.60. The number of hydrogen-bond donors (Lipinski definition) is 1. The lowest BCUT2D eigenvalue weighted by Gasteiger charge is -2.11. The average Bonchev–Trinajstić information content (AvgIpc) is 2.57. The van der Waals surface area contributed by atoms with Crippen LogP contribution in [0.25, 0.3) is 0 Å². The topological polar surface area (TPSA) is 38.3 Å². The zero-order chi connectivity index (χ0) is 17.4. The van der Waals surface area contributed by atoms with E-state index in [-0.39, 0.29) is 12.5 Å². The number of thioether (sulfide) groups is 1. The van der Waals surface area contributed by atoms with Crippen molar-refractivity contribution in [2.75, 3.05) is 18.9 Å². The summed E-state index contributed by atoms with van der Waals surface area (Å²) < 4.78 is 5.60. The third-order valence-electron chi connectivity index (χ3n) is 4.00. The van der Waals surface area contributed by atoms with Gasteiger partial charge >= 0.3 is 0 Å². The van der Waals surface area contributed by atoms with Crippen LogP contribution in [0.15, 0.2) is 42.5 Å². The molecule has 24 heavy (non-hydrogen) atoms. The molecule has 0 radical (unpaired) electrons. The zero-order valence-electron chi connectivity index (χ0n) is 14.6. The summed E-state index contributed by atoms with van der Waals surface area (Å²) in [5, 5.41) is 2.90. The predicted octanol–water partition coefficient (Wildman–Crippen LogP) is 4.04. The summed E-state index contributed by atoms with van der Waals surface area (Å²) in [4.78, 5) is 11.9. The minimum Gasteiger partial charge on any atom is -0.483 e. The average molecular weight is 343 g/mol. The van der Waals surface area contributed by atoms with E-state index in [0.717, 1.165) is 22.8 Å². The molecule has 1 amide bonds. The van der Waals surface area contributed by atoms with Crippen molar-refractivity contribution in [2.24, 2.45) is 0 Å². The van der Waals surface area contributed by atoms with Gasteiger partial charge in [-0.2, -0.15) is 11.8 Å². The molecule has 0 unspecified atom stereocenters. The maximum Gasteiger partial charge on any atom is 0.257 e. The predicted molar refractivity (Wildman–Crippen MR) is 102 cm³/mol. The summed E-state index contributed by atoms with van der Waals surface area (Å²) in [6.07, 6.45) is 0. The molecule has 0 aliphatic rings. The molecule has 0 aliphatic carbocycles. The molecule has 0 bridgehead atoms. The van der Waals surface area contributed by atoms with Crippen LogP contribution in [0.1, 0.15) is 22.3 Å². The molecule has 0 aliphatic heterocycles. The number of carbonyl (C=O) groups is 1. The molecule has 1 N–H and O–H groups in total. The fourth-order valence-corrected chi connectivity index (χ4v) is 3.23. The molecule has 0 saturated heterocycles. The van der Waals surface area contributed by atoms with Crippen molar-refractivity contribution >= 4 is 17.7 Å². The van der Waals surface area contributed by atoms with Gasteiger partial charge in [-0.05, 0) is 49.1 Å². The molecule has 0 fully saturated rings. The Balaban J connectivity index is 1.63. The summed E-state index contributed by atoms with van der Waals surface area (Å²) in [7, 11) is 0. The van der Waals surface area contributed by atoms with Gasteiger partial charge in [0.05, 0.1) is 0 Å². The Bertz CT molecular complexity index is 685. The van der Waals surface area contributed by atoms with E-state index >= 15 is 0 Å². The lowest BCUT2D eigenvalue weighted by atomic mass is 10.1. The molecular formula is C20H25NO2S. The van der Waals surface area contributed by atoms with Gasteiger partial charge in [0, 0.05) is 18.1 Å². The van der Waals surface area contributed by atoms with Crippen LogP contribution in [0.4, 0.5) is 0 Å². The number of aryl methyl sites for hydroxylation is 2.